The highest BCUT2D eigenvalue weighted by atomic mass is 16.2. The van der Waals surface area contributed by atoms with E-state index in [0.717, 1.165) is 5.69 Å². The molecular formula is C16H25N3O2. The molecule has 0 atom stereocenters. The molecular weight excluding hydrogens is 266 g/mol. The largest absolute Gasteiger partial charge is 0.382 e. The van der Waals surface area contributed by atoms with Gasteiger partial charge in [0.05, 0.1) is 12.1 Å². The molecule has 0 bridgehead atoms. The fourth-order valence-corrected chi connectivity index (χ4v) is 2.12. The predicted molar refractivity (Wildman–Crippen MR) is 85.1 cm³/mol. The van der Waals surface area contributed by atoms with Crippen LogP contribution in [0.15, 0.2) is 24.3 Å². The number of benzene rings is 1. The molecule has 0 spiro atoms. The zero-order valence-electron chi connectivity index (χ0n) is 13.2. The third-order valence-corrected chi connectivity index (χ3v) is 2.82. The van der Waals surface area contributed by atoms with Crippen LogP contribution in [-0.2, 0) is 4.79 Å². The van der Waals surface area contributed by atoms with E-state index in [2.05, 4.69) is 5.32 Å². The van der Waals surface area contributed by atoms with E-state index in [-0.39, 0.29) is 24.4 Å². The van der Waals surface area contributed by atoms with Gasteiger partial charge >= 0.3 is 0 Å². The molecule has 0 aliphatic rings. The third kappa shape index (κ3) is 5.45. The van der Waals surface area contributed by atoms with Crippen molar-refractivity contribution in [3.05, 3.63) is 29.8 Å². The molecule has 0 radical (unpaired) electrons. The lowest BCUT2D eigenvalue weighted by Gasteiger charge is -2.25. The second-order valence-corrected chi connectivity index (χ2v) is 5.89. The Labute approximate surface area is 126 Å². The molecule has 0 aromatic heterocycles. The molecule has 0 aliphatic carbocycles. The number of carbonyl (C=O) groups is 2. The van der Waals surface area contributed by atoms with Crippen LogP contribution in [0.2, 0.25) is 0 Å². The maximum absolute atomic E-state index is 12.7. The summed E-state index contributed by atoms with van der Waals surface area (Å²) in [5.74, 6) is -0.414. The fourth-order valence-electron chi connectivity index (χ4n) is 2.12. The Morgan fingerprint density at radius 3 is 2.33 bits per heavy atom. The SMILES string of the molecule is CC(C)CN(CC(N)=O)C(=O)c1ccccc1NC(C)C. The number of hydrogen-bond donors (Lipinski definition) is 2. The highest BCUT2D eigenvalue weighted by molar-refractivity contribution is 6.01. The first-order valence-electron chi connectivity index (χ1n) is 7.24. The van der Waals surface area contributed by atoms with Crippen LogP contribution < -0.4 is 11.1 Å². The van der Waals surface area contributed by atoms with Crippen LogP contribution in [0, 0.1) is 5.92 Å². The monoisotopic (exact) mass is 291 g/mol. The molecule has 21 heavy (non-hydrogen) atoms. The van der Waals surface area contributed by atoms with Crippen molar-refractivity contribution in [2.45, 2.75) is 33.7 Å². The van der Waals surface area contributed by atoms with E-state index in [1.54, 1.807) is 6.07 Å². The highest BCUT2D eigenvalue weighted by Gasteiger charge is 2.21. The number of para-hydroxylation sites is 1. The summed E-state index contributed by atoms with van der Waals surface area (Å²) in [7, 11) is 0. The molecule has 3 N–H and O–H groups in total. The Balaban J connectivity index is 3.05. The maximum Gasteiger partial charge on any atom is 0.256 e. The van der Waals surface area contributed by atoms with Gasteiger partial charge in [0.1, 0.15) is 0 Å². The number of hydrogen-bond acceptors (Lipinski definition) is 3. The zero-order chi connectivity index (χ0) is 16.0. The number of rotatable bonds is 7. The average molecular weight is 291 g/mol. The molecule has 0 saturated heterocycles. The smallest absolute Gasteiger partial charge is 0.256 e. The molecule has 1 rings (SSSR count). The van der Waals surface area contributed by atoms with Crippen LogP contribution in [0.25, 0.3) is 0 Å². The van der Waals surface area contributed by atoms with E-state index < -0.39 is 5.91 Å². The molecule has 0 saturated carbocycles. The number of nitrogens with zero attached hydrogens (tertiary/aromatic N) is 1. The summed E-state index contributed by atoms with van der Waals surface area (Å²) in [6.45, 7) is 8.46. The summed E-state index contributed by atoms with van der Waals surface area (Å²) in [4.78, 5) is 25.4. The summed E-state index contributed by atoms with van der Waals surface area (Å²) < 4.78 is 0. The number of carbonyl (C=O) groups excluding carboxylic acids is 2. The average Bonchev–Trinajstić information content (AvgIpc) is 2.36. The molecule has 1 aromatic carbocycles. The van der Waals surface area contributed by atoms with Gasteiger partial charge in [-0.25, -0.2) is 0 Å². The molecule has 0 aliphatic heterocycles. The van der Waals surface area contributed by atoms with E-state index >= 15 is 0 Å². The first-order chi connectivity index (χ1) is 9.81. The van der Waals surface area contributed by atoms with Crippen molar-refractivity contribution in [3.63, 3.8) is 0 Å². The van der Waals surface area contributed by atoms with Gasteiger partial charge in [-0.2, -0.15) is 0 Å². The van der Waals surface area contributed by atoms with Gasteiger partial charge < -0.3 is 16.0 Å². The summed E-state index contributed by atoms with van der Waals surface area (Å²) in [6, 6.07) is 7.54. The summed E-state index contributed by atoms with van der Waals surface area (Å²) in [5.41, 5.74) is 6.59. The number of amides is 2. The molecule has 5 nitrogen and oxygen atoms in total. The minimum Gasteiger partial charge on any atom is -0.382 e. The lowest BCUT2D eigenvalue weighted by atomic mass is 10.1. The van der Waals surface area contributed by atoms with Crippen LogP contribution in [0.4, 0.5) is 5.69 Å². The predicted octanol–water partition coefficient (Wildman–Crippen LogP) is 2.09. The van der Waals surface area contributed by atoms with Gasteiger partial charge in [-0.15, -0.1) is 0 Å². The van der Waals surface area contributed by atoms with E-state index in [1.807, 2.05) is 45.9 Å². The molecule has 116 valence electrons. The van der Waals surface area contributed by atoms with Crippen LogP contribution in [0.3, 0.4) is 0 Å². The minimum atomic E-state index is -0.502. The second kappa shape index (κ2) is 7.67. The van der Waals surface area contributed by atoms with E-state index in [1.165, 1.54) is 4.90 Å². The summed E-state index contributed by atoms with van der Waals surface area (Å²) >= 11 is 0. The van der Waals surface area contributed by atoms with Gasteiger partial charge in [0.2, 0.25) is 5.91 Å². The number of nitrogens with two attached hydrogens (primary N) is 1. The standard InChI is InChI=1S/C16H25N3O2/c1-11(2)9-19(10-15(17)20)16(21)13-7-5-6-8-14(13)18-12(3)4/h5-8,11-12,18H,9-10H2,1-4H3,(H2,17,20). The van der Waals surface area contributed by atoms with Crippen molar-refractivity contribution >= 4 is 17.5 Å². The van der Waals surface area contributed by atoms with Gasteiger partial charge in [-0.05, 0) is 31.9 Å². The normalized spacial score (nSPS) is 10.8. The Hall–Kier alpha value is -2.04. The molecule has 5 heteroatoms. The maximum atomic E-state index is 12.7. The van der Waals surface area contributed by atoms with Crippen molar-refractivity contribution in [1.82, 2.24) is 4.90 Å². The second-order valence-electron chi connectivity index (χ2n) is 5.89. The van der Waals surface area contributed by atoms with Crippen molar-refractivity contribution in [1.29, 1.82) is 0 Å². The van der Waals surface area contributed by atoms with Gasteiger partial charge in [-0.1, -0.05) is 26.0 Å². The van der Waals surface area contributed by atoms with Crippen LogP contribution in [-0.4, -0.2) is 35.8 Å². The molecule has 1 aromatic rings. The molecule has 0 fully saturated rings. The van der Waals surface area contributed by atoms with E-state index in [4.69, 9.17) is 5.73 Å². The highest BCUT2D eigenvalue weighted by Crippen LogP contribution is 2.19. The van der Waals surface area contributed by atoms with Crippen molar-refractivity contribution in [3.8, 4) is 0 Å². The summed E-state index contributed by atoms with van der Waals surface area (Å²) in [6.07, 6.45) is 0. The van der Waals surface area contributed by atoms with Gasteiger partial charge in [-0.3, -0.25) is 9.59 Å². The first kappa shape index (κ1) is 17.0. The Kier molecular flexibility index (Phi) is 6.21. The van der Waals surface area contributed by atoms with Crippen molar-refractivity contribution in [2.75, 3.05) is 18.4 Å². The third-order valence-electron chi connectivity index (χ3n) is 2.82. The van der Waals surface area contributed by atoms with Crippen molar-refractivity contribution in [2.24, 2.45) is 11.7 Å². The van der Waals surface area contributed by atoms with Crippen LogP contribution >= 0.6 is 0 Å². The van der Waals surface area contributed by atoms with E-state index in [9.17, 15) is 9.59 Å². The first-order valence-corrected chi connectivity index (χ1v) is 7.24. The molecule has 0 heterocycles. The van der Waals surface area contributed by atoms with Gasteiger partial charge in [0, 0.05) is 18.3 Å². The number of anilines is 1. The topological polar surface area (TPSA) is 75.4 Å². The lowest BCUT2D eigenvalue weighted by Crippen LogP contribution is -2.40. The number of nitrogens with one attached hydrogen (secondary N) is 1. The van der Waals surface area contributed by atoms with E-state index in [0.29, 0.717) is 12.1 Å². The van der Waals surface area contributed by atoms with Gasteiger partial charge in [0.15, 0.2) is 0 Å². The van der Waals surface area contributed by atoms with Gasteiger partial charge in [0.25, 0.3) is 5.91 Å². The van der Waals surface area contributed by atoms with Crippen molar-refractivity contribution < 1.29 is 9.59 Å². The Bertz CT molecular complexity index is 498. The zero-order valence-corrected chi connectivity index (χ0v) is 13.2. The fraction of sp³-hybridized carbons (Fsp3) is 0.500. The number of primary amides is 1. The summed E-state index contributed by atoms with van der Waals surface area (Å²) in [5, 5.41) is 3.25. The van der Waals surface area contributed by atoms with Crippen LogP contribution in [0.5, 0.6) is 0 Å². The lowest BCUT2D eigenvalue weighted by molar-refractivity contribution is -0.118. The van der Waals surface area contributed by atoms with Crippen LogP contribution in [0.1, 0.15) is 38.1 Å². The minimum absolute atomic E-state index is 0.0625. The Morgan fingerprint density at radius 1 is 1.19 bits per heavy atom. The Morgan fingerprint density at radius 2 is 1.81 bits per heavy atom. The molecule has 2 amide bonds. The molecule has 0 unspecified atom stereocenters. The quantitative estimate of drug-likeness (QED) is 0.807.